The maximum Gasteiger partial charge on any atom is 0.313 e. The van der Waals surface area contributed by atoms with Crippen molar-refractivity contribution in [2.75, 3.05) is 7.11 Å². The smallest absolute Gasteiger partial charge is 0.313 e. The van der Waals surface area contributed by atoms with Gasteiger partial charge >= 0.3 is 5.97 Å². The molecule has 0 aliphatic rings. The highest BCUT2D eigenvalue weighted by Crippen LogP contribution is 2.15. The molecule has 0 N–H and O–H groups in total. The van der Waals surface area contributed by atoms with Gasteiger partial charge in [-0.25, -0.2) is 4.98 Å². The van der Waals surface area contributed by atoms with E-state index in [9.17, 15) is 4.79 Å². The van der Waals surface area contributed by atoms with E-state index in [2.05, 4.69) is 15.2 Å². The third kappa shape index (κ3) is 3.97. The summed E-state index contributed by atoms with van der Waals surface area (Å²) in [6.07, 6.45) is -0.0400. The van der Waals surface area contributed by atoms with Crippen LogP contribution in [0.25, 0.3) is 11.0 Å². The molecule has 0 saturated carbocycles. The zero-order chi connectivity index (χ0) is 16.9. The number of hydrogen-bond acceptors (Lipinski definition) is 6. The Morgan fingerprint density at radius 3 is 2.62 bits per heavy atom. The molecule has 0 aliphatic carbocycles. The molecule has 1 aromatic heterocycles. The van der Waals surface area contributed by atoms with E-state index in [0.29, 0.717) is 21.9 Å². The molecule has 24 heavy (non-hydrogen) atoms. The largest absolute Gasteiger partial charge is 0.497 e. The monoisotopic (exact) mass is 343 g/mol. The van der Waals surface area contributed by atoms with Gasteiger partial charge in [-0.2, -0.15) is 0 Å². The fourth-order valence-electron chi connectivity index (χ4n) is 2.08. The van der Waals surface area contributed by atoms with Gasteiger partial charge in [0, 0.05) is 5.02 Å². The van der Waals surface area contributed by atoms with Gasteiger partial charge in [0.1, 0.15) is 24.3 Å². The Labute approximate surface area is 143 Å². The van der Waals surface area contributed by atoms with Crippen LogP contribution in [-0.4, -0.2) is 28.3 Å². The van der Waals surface area contributed by atoms with Crippen molar-refractivity contribution in [1.29, 1.82) is 0 Å². The molecule has 0 saturated heterocycles. The lowest BCUT2D eigenvalue weighted by atomic mass is 10.2. The van der Waals surface area contributed by atoms with E-state index < -0.39 is 5.97 Å². The number of halogens is 1. The third-order valence-corrected chi connectivity index (χ3v) is 3.56. The first-order valence-corrected chi connectivity index (χ1v) is 7.59. The van der Waals surface area contributed by atoms with Crippen LogP contribution in [0.2, 0.25) is 5.02 Å². The number of carbonyl (C=O) groups excluding carboxylic acids is 1. The molecule has 0 radical (unpaired) electrons. The second kappa shape index (κ2) is 7.23. The fourth-order valence-corrected chi connectivity index (χ4v) is 2.25. The van der Waals surface area contributed by atoms with Gasteiger partial charge in [0.15, 0.2) is 5.82 Å². The van der Waals surface area contributed by atoms with E-state index in [4.69, 9.17) is 21.1 Å². The predicted molar refractivity (Wildman–Crippen MR) is 88.8 cm³/mol. The number of nitrogens with zero attached hydrogens (tertiary/aromatic N) is 3. The molecule has 3 rings (SSSR count). The Bertz CT molecular complexity index is 869. The summed E-state index contributed by atoms with van der Waals surface area (Å²) in [5, 5.41) is 8.50. The lowest BCUT2D eigenvalue weighted by Crippen LogP contribution is -2.11. The second-order valence-corrected chi connectivity index (χ2v) is 5.48. The minimum Gasteiger partial charge on any atom is -0.497 e. The first kappa shape index (κ1) is 16.1. The molecule has 0 bridgehead atoms. The van der Waals surface area contributed by atoms with E-state index in [-0.39, 0.29) is 13.0 Å². The molecule has 0 unspecified atom stereocenters. The molecule has 0 atom stereocenters. The highest BCUT2D eigenvalue weighted by molar-refractivity contribution is 6.31. The number of hydrogen-bond donors (Lipinski definition) is 0. The number of ether oxygens (including phenoxy) is 2. The van der Waals surface area contributed by atoms with Crippen molar-refractivity contribution in [1.82, 2.24) is 15.2 Å². The van der Waals surface area contributed by atoms with Crippen molar-refractivity contribution in [2.45, 2.75) is 13.0 Å². The Balaban J connectivity index is 1.60. The van der Waals surface area contributed by atoms with Gasteiger partial charge < -0.3 is 9.47 Å². The molecule has 6 nitrogen and oxygen atoms in total. The number of methoxy groups -OCH3 is 1. The van der Waals surface area contributed by atoms with Crippen molar-refractivity contribution in [3.05, 3.63) is 58.9 Å². The van der Waals surface area contributed by atoms with Crippen LogP contribution in [0.3, 0.4) is 0 Å². The minimum atomic E-state index is -0.416. The average molecular weight is 344 g/mol. The van der Waals surface area contributed by atoms with Crippen LogP contribution in [0.1, 0.15) is 11.4 Å². The Morgan fingerprint density at radius 2 is 1.88 bits per heavy atom. The Morgan fingerprint density at radius 1 is 1.08 bits per heavy atom. The number of fused-ring (bicyclic) bond motifs is 1. The molecule has 122 valence electrons. The van der Waals surface area contributed by atoms with Gasteiger partial charge in [-0.3, -0.25) is 4.79 Å². The van der Waals surface area contributed by atoms with Crippen LogP contribution in [-0.2, 0) is 22.6 Å². The maximum absolute atomic E-state index is 11.9. The predicted octanol–water partition coefficient (Wildman–Crippen LogP) is 2.97. The lowest BCUT2D eigenvalue weighted by molar-refractivity contribution is -0.144. The van der Waals surface area contributed by atoms with Gasteiger partial charge in [-0.1, -0.05) is 23.7 Å². The van der Waals surface area contributed by atoms with Gasteiger partial charge in [0.05, 0.1) is 12.6 Å². The van der Waals surface area contributed by atoms with Gasteiger partial charge in [0.25, 0.3) is 0 Å². The first-order chi connectivity index (χ1) is 11.6. The molecule has 2 aromatic carbocycles. The summed E-state index contributed by atoms with van der Waals surface area (Å²) in [5.41, 5.74) is 2.08. The van der Waals surface area contributed by atoms with Gasteiger partial charge in [-0.15, -0.1) is 10.2 Å². The van der Waals surface area contributed by atoms with E-state index in [1.54, 1.807) is 25.3 Å². The van der Waals surface area contributed by atoms with E-state index >= 15 is 0 Å². The minimum absolute atomic E-state index is 0.0400. The fraction of sp³-hybridized carbons (Fsp3) is 0.176. The summed E-state index contributed by atoms with van der Waals surface area (Å²) < 4.78 is 10.3. The van der Waals surface area contributed by atoms with E-state index in [1.807, 2.05) is 24.3 Å². The topological polar surface area (TPSA) is 74.2 Å². The van der Waals surface area contributed by atoms with E-state index in [0.717, 1.165) is 11.3 Å². The molecule has 0 aliphatic heterocycles. The summed E-state index contributed by atoms with van der Waals surface area (Å²) in [4.78, 5) is 16.2. The van der Waals surface area contributed by atoms with Crippen LogP contribution in [0.4, 0.5) is 0 Å². The Kier molecular flexibility index (Phi) is 4.86. The molecule has 1 heterocycles. The normalized spacial score (nSPS) is 10.6. The molecule has 3 aromatic rings. The molecule has 0 amide bonds. The molecule has 0 fully saturated rings. The lowest BCUT2D eigenvalue weighted by Gasteiger charge is -2.06. The SMILES string of the molecule is COc1ccc(COC(=O)Cc2nnc3cc(Cl)ccc3n2)cc1. The zero-order valence-electron chi connectivity index (χ0n) is 12.9. The van der Waals surface area contributed by atoms with Crippen LogP contribution in [0.5, 0.6) is 5.75 Å². The second-order valence-electron chi connectivity index (χ2n) is 5.05. The zero-order valence-corrected chi connectivity index (χ0v) is 13.7. The Hall–Kier alpha value is -2.73. The quantitative estimate of drug-likeness (QED) is 0.663. The summed E-state index contributed by atoms with van der Waals surface area (Å²) >= 11 is 5.88. The maximum atomic E-state index is 11.9. The first-order valence-electron chi connectivity index (χ1n) is 7.21. The number of benzene rings is 2. The molecule has 0 spiro atoms. The number of carbonyl (C=O) groups is 1. The van der Waals surface area contributed by atoms with Crippen LogP contribution in [0, 0.1) is 0 Å². The summed E-state index contributed by atoms with van der Waals surface area (Å²) in [6.45, 7) is 0.180. The highest BCUT2D eigenvalue weighted by Gasteiger charge is 2.10. The van der Waals surface area contributed by atoms with Crippen LogP contribution < -0.4 is 4.74 Å². The van der Waals surface area contributed by atoms with Crippen molar-refractivity contribution in [3.63, 3.8) is 0 Å². The molecular formula is C17H14ClN3O3. The van der Waals surface area contributed by atoms with Crippen LogP contribution in [0.15, 0.2) is 42.5 Å². The van der Waals surface area contributed by atoms with Gasteiger partial charge in [0.2, 0.25) is 0 Å². The third-order valence-electron chi connectivity index (χ3n) is 3.32. The van der Waals surface area contributed by atoms with E-state index in [1.165, 1.54) is 0 Å². The molecular weight excluding hydrogens is 330 g/mol. The summed E-state index contributed by atoms with van der Waals surface area (Å²) in [5.74, 6) is 0.645. The number of aromatic nitrogens is 3. The van der Waals surface area contributed by atoms with Crippen molar-refractivity contribution >= 4 is 28.6 Å². The average Bonchev–Trinajstić information content (AvgIpc) is 2.60. The van der Waals surface area contributed by atoms with Gasteiger partial charge in [-0.05, 0) is 35.9 Å². The van der Waals surface area contributed by atoms with Crippen molar-refractivity contribution in [2.24, 2.45) is 0 Å². The standard InChI is InChI=1S/C17H14ClN3O3/c1-23-13-5-2-11(3-6-13)10-24-17(22)9-16-19-14-7-4-12(18)8-15(14)20-21-16/h2-8H,9-10H2,1H3. The number of esters is 1. The van der Waals surface area contributed by atoms with Crippen LogP contribution >= 0.6 is 11.6 Å². The highest BCUT2D eigenvalue weighted by atomic mass is 35.5. The molecule has 7 heteroatoms. The van der Waals surface area contributed by atoms with Crippen molar-refractivity contribution < 1.29 is 14.3 Å². The number of rotatable bonds is 5. The summed E-state index contributed by atoms with van der Waals surface area (Å²) in [6, 6.07) is 12.4. The van der Waals surface area contributed by atoms with Crippen molar-refractivity contribution in [3.8, 4) is 5.75 Å². The summed E-state index contributed by atoms with van der Waals surface area (Å²) in [7, 11) is 1.60.